The van der Waals surface area contributed by atoms with Gasteiger partial charge < -0.3 is 11.5 Å². The topological polar surface area (TPSA) is 38.3 Å². The summed E-state index contributed by atoms with van der Waals surface area (Å²) in [5, 5.41) is 2.69. The zero-order valence-corrected chi connectivity index (χ0v) is 6.68. The van der Waals surface area contributed by atoms with E-state index in [2.05, 4.69) is 23.9 Å². The fourth-order valence-electron chi connectivity index (χ4n) is 0.759. The summed E-state index contributed by atoms with van der Waals surface area (Å²) in [7, 11) is 0. The number of hydrogen-bond acceptors (Lipinski definition) is 2. The van der Waals surface area contributed by atoms with Gasteiger partial charge in [0.05, 0.1) is 6.04 Å². The van der Waals surface area contributed by atoms with Crippen molar-refractivity contribution in [3.8, 4) is 0 Å². The molecule has 1 aliphatic heterocycles. The van der Waals surface area contributed by atoms with E-state index < -0.39 is 0 Å². The Balaban J connectivity index is 0. The maximum absolute atomic E-state index is 10.4. The van der Waals surface area contributed by atoms with Gasteiger partial charge in [0.25, 0.3) is 0 Å². The van der Waals surface area contributed by atoms with Crippen LogP contribution in [0.4, 0.5) is 4.79 Å². The van der Waals surface area contributed by atoms with E-state index >= 15 is 0 Å². The minimum Gasteiger partial charge on any atom is -1.00 e. The van der Waals surface area contributed by atoms with Crippen molar-refractivity contribution in [2.24, 2.45) is 5.92 Å². The van der Waals surface area contributed by atoms with Gasteiger partial charge in [-0.3, -0.25) is 0 Å². The molecule has 10 heavy (non-hydrogen) atoms. The van der Waals surface area contributed by atoms with E-state index in [0.717, 1.165) is 0 Å². The number of rotatable bonds is 1. The van der Waals surface area contributed by atoms with Crippen LogP contribution in [-0.4, -0.2) is 18.7 Å². The zero-order valence-electron chi connectivity index (χ0n) is 7.68. The van der Waals surface area contributed by atoms with Crippen molar-refractivity contribution in [1.29, 1.82) is 0 Å². The van der Waals surface area contributed by atoms with Gasteiger partial charge in [-0.2, -0.15) is 0 Å². The van der Waals surface area contributed by atoms with Crippen molar-refractivity contribution in [2.45, 2.75) is 19.9 Å². The second-order valence-electron chi connectivity index (χ2n) is 2.59. The zero-order chi connectivity index (χ0) is 6.85. The SMILES string of the molecule is CC(C)[C@H]1COC(=O)N1.[H-].[Li+]. The number of ether oxygens (including phenoxy) is 1. The van der Waals surface area contributed by atoms with Crippen LogP contribution in [0.15, 0.2) is 0 Å². The first kappa shape index (κ1) is 9.87. The smallest absolute Gasteiger partial charge is 1.00 e. The largest absolute Gasteiger partial charge is 1.00 e. The van der Waals surface area contributed by atoms with Crippen LogP contribution < -0.4 is 24.2 Å². The van der Waals surface area contributed by atoms with E-state index in [-0.39, 0.29) is 32.4 Å². The number of cyclic esters (lactones) is 1. The molecule has 54 valence electrons. The Kier molecular flexibility index (Phi) is 3.85. The third kappa shape index (κ3) is 2.24. The third-order valence-electron chi connectivity index (χ3n) is 1.50. The first-order valence-corrected chi connectivity index (χ1v) is 3.13. The van der Waals surface area contributed by atoms with Gasteiger partial charge in [-0.05, 0) is 5.92 Å². The van der Waals surface area contributed by atoms with E-state index in [4.69, 9.17) is 0 Å². The maximum atomic E-state index is 10.4. The van der Waals surface area contributed by atoms with E-state index in [1.807, 2.05) is 0 Å². The number of alkyl carbamates (subject to hydrolysis) is 1. The molecular formula is C6H12LiNO2. The Morgan fingerprint density at radius 1 is 1.80 bits per heavy atom. The summed E-state index contributed by atoms with van der Waals surface area (Å²) in [6.45, 7) is 4.63. The summed E-state index contributed by atoms with van der Waals surface area (Å²) in [5.74, 6) is 0.469. The van der Waals surface area contributed by atoms with Crippen LogP contribution >= 0.6 is 0 Å². The van der Waals surface area contributed by atoms with Crippen molar-refractivity contribution in [2.75, 3.05) is 6.61 Å². The standard InChI is InChI=1S/C6H11NO2.Li.H/c1-4(2)5-3-9-6(8)7-5;;/h4-5H,3H2,1-2H3,(H,7,8);;/q;+1;-1/t5-;;/m1../s1. The molecule has 0 radical (unpaired) electrons. The second-order valence-corrected chi connectivity index (χ2v) is 2.59. The van der Waals surface area contributed by atoms with Gasteiger partial charge in [-0.25, -0.2) is 4.79 Å². The summed E-state index contributed by atoms with van der Waals surface area (Å²) >= 11 is 0. The van der Waals surface area contributed by atoms with E-state index in [9.17, 15) is 4.79 Å². The van der Waals surface area contributed by atoms with Crippen LogP contribution in [0, 0.1) is 5.92 Å². The van der Waals surface area contributed by atoms with Gasteiger partial charge in [-0.1, -0.05) is 13.8 Å². The monoisotopic (exact) mass is 137 g/mol. The van der Waals surface area contributed by atoms with Crippen LogP contribution in [0.3, 0.4) is 0 Å². The van der Waals surface area contributed by atoms with E-state index in [1.54, 1.807) is 0 Å². The summed E-state index contributed by atoms with van der Waals surface area (Å²) < 4.78 is 4.68. The molecule has 4 heteroatoms. The molecule has 0 aromatic carbocycles. The summed E-state index contributed by atoms with van der Waals surface area (Å²) in [6.07, 6.45) is -0.284. The molecule has 0 aliphatic carbocycles. The van der Waals surface area contributed by atoms with Crippen molar-refractivity contribution in [3.63, 3.8) is 0 Å². The minimum absolute atomic E-state index is 0. The molecule has 1 amide bonds. The third-order valence-corrected chi connectivity index (χ3v) is 1.50. The van der Waals surface area contributed by atoms with Crippen LogP contribution in [0.5, 0.6) is 0 Å². The maximum Gasteiger partial charge on any atom is 1.00 e. The van der Waals surface area contributed by atoms with Gasteiger partial charge in [0.2, 0.25) is 0 Å². The molecule has 1 saturated heterocycles. The average Bonchev–Trinajstić information content (AvgIpc) is 2.14. The number of carbonyl (C=O) groups excluding carboxylic acids is 1. The minimum atomic E-state index is -0.284. The Bertz CT molecular complexity index is 132. The normalized spacial score (nSPS) is 23.5. The van der Waals surface area contributed by atoms with Crippen LogP contribution in [0.1, 0.15) is 15.3 Å². The molecule has 0 bridgehead atoms. The molecule has 0 saturated carbocycles. The Morgan fingerprint density at radius 2 is 2.40 bits per heavy atom. The van der Waals surface area contributed by atoms with Crippen molar-refractivity contribution < 1.29 is 29.8 Å². The summed E-state index contributed by atoms with van der Waals surface area (Å²) in [5.41, 5.74) is 0. The van der Waals surface area contributed by atoms with Gasteiger partial charge in [0.1, 0.15) is 6.61 Å². The number of amides is 1. The predicted octanol–water partition coefficient (Wildman–Crippen LogP) is -2.13. The van der Waals surface area contributed by atoms with Crippen molar-refractivity contribution in [3.05, 3.63) is 0 Å². The molecular weight excluding hydrogens is 125 g/mol. The number of hydrogen-bond donors (Lipinski definition) is 1. The van der Waals surface area contributed by atoms with Crippen LogP contribution in [0.25, 0.3) is 0 Å². The van der Waals surface area contributed by atoms with Gasteiger partial charge >= 0.3 is 25.0 Å². The second kappa shape index (κ2) is 3.90. The van der Waals surface area contributed by atoms with Crippen molar-refractivity contribution in [1.82, 2.24) is 5.32 Å². The first-order chi connectivity index (χ1) is 4.20. The molecule has 0 spiro atoms. The molecule has 1 N–H and O–H groups in total. The molecule has 1 heterocycles. The first-order valence-electron chi connectivity index (χ1n) is 3.13. The van der Waals surface area contributed by atoms with Gasteiger partial charge in [0.15, 0.2) is 0 Å². The molecule has 0 aromatic rings. The van der Waals surface area contributed by atoms with Crippen LogP contribution in [0.2, 0.25) is 0 Å². The Morgan fingerprint density at radius 3 is 2.60 bits per heavy atom. The van der Waals surface area contributed by atoms with Gasteiger partial charge in [0, 0.05) is 0 Å². The van der Waals surface area contributed by atoms with Crippen molar-refractivity contribution >= 4 is 6.09 Å². The Labute approximate surface area is 74.2 Å². The Hall–Kier alpha value is -0.133. The van der Waals surface area contributed by atoms with Gasteiger partial charge in [-0.15, -0.1) is 0 Å². The number of nitrogens with one attached hydrogen (secondary N) is 1. The summed E-state index contributed by atoms with van der Waals surface area (Å²) in [4.78, 5) is 10.4. The molecule has 0 unspecified atom stereocenters. The molecule has 1 atom stereocenters. The summed E-state index contributed by atoms with van der Waals surface area (Å²) in [6, 6.07) is 0.220. The molecule has 1 fully saturated rings. The molecule has 3 nitrogen and oxygen atoms in total. The molecule has 1 rings (SSSR count). The van der Waals surface area contributed by atoms with E-state index in [0.29, 0.717) is 12.5 Å². The molecule has 0 aromatic heterocycles. The number of carbonyl (C=O) groups is 1. The quantitative estimate of drug-likeness (QED) is 0.419. The average molecular weight is 137 g/mol. The fourth-order valence-corrected chi connectivity index (χ4v) is 0.759. The van der Waals surface area contributed by atoms with Crippen LogP contribution in [-0.2, 0) is 4.74 Å². The predicted molar refractivity (Wildman–Crippen MR) is 34.2 cm³/mol. The fraction of sp³-hybridized carbons (Fsp3) is 0.833. The molecule has 1 aliphatic rings. The van der Waals surface area contributed by atoms with E-state index in [1.165, 1.54) is 0 Å².